The summed E-state index contributed by atoms with van der Waals surface area (Å²) in [6, 6.07) is -0.621. The lowest BCUT2D eigenvalue weighted by Gasteiger charge is -2.31. The Labute approximate surface area is 407 Å². The molecule has 0 radical (unpaired) electrons. The maximum absolute atomic E-state index is 12.8. The van der Waals surface area contributed by atoms with Crippen LogP contribution < -0.4 is 0 Å². The summed E-state index contributed by atoms with van der Waals surface area (Å²) in [5, 5.41) is 9.67. The zero-order valence-corrected chi connectivity index (χ0v) is 43.6. The first-order chi connectivity index (χ1) is 32.1. The van der Waals surface area contributed by atoms with Crippen LogP contribution in [-0.4, -0.2) is 80.6 Å². The van der Waals surface area contributed by atoms with Crippen LogP contribution in [0.25, 0.3) is 0 Å². The zero-order chi connectivity index (χ0) is 48.4. The Balaban J connectivity index is 4.22. The van der Waals surface area contributed by atoms with Crippen LogP contribution in [0.15, 0.2) is 60.8 Å². The van der Waals surface area contributed by atoms with Crippen LogP contribution in [-0.2, 0) is 28.6 Å². The molecule has 0 saturated heterocycles. The summed E-state index contributed by atoms with van der Waals surface area (Å²) in [6.07, 6.45) is 61.4. The number of nitrogens with zero attached hydrogens (tertiary/aromatic N) is 1. The molecule has 1 N–H and O–H groups in total. The molecule has 0 aromatic rings. The van der Waals surface area contributed by atoms with Crippen molar-refractivity contribution in [3.8, 4) is 0 Å². The van der Waals surface area contributed by atoms with Crippen molar-refractivity contribution in [3.05, 3.63) is 60.8 Å². The van der Waals surface area contributed by atoms with Crippen molar-refractivity contribution in [3.63, 3.8) is 0 Å². The van der Waals surface area contributed by atoms with Gasteiger partial charge in [0.1, 0.15) is 6.61 Å². The van der Waals surface area contributed by atoms with Gasteiger partial charge >= 0.3 is 17.9 Å². The number of unbranched alkanes of at least 4 members (excludes halogenated alkanes) is 25. The molecule has 0 amide bonds. The van der Waals surface area contributed by atoms with Crippen molar-refractivity contribution >= 4 is 17.9 Å². The molecule has 0 bridgehead atoms. The van der Waals surface area contributed by atoms with Gasteiger partial charge in [-0.15, -0.1) is 0 Å². The molecule has 0 aliphatic heterocycles. The van der Waals surface area contributed by atoms with Crippen LogP contribution in [0.5, 0.6) is 0 Å². The van der Waals surface area contributed by atoms with Gasteiger partial charge in [0, 0.05) is 19.3 Å². The number of quaternary nitrogens is 1. The fraction of sp³-hybridized carbons (Fsp3) is 0.776. The van der Waals surface area contributed by atoms with E-state index in [0.29, 0.717) is 19.3 Å². The second-order valence-electron chi connectivity index (χ2n) is 19.5. The first-order valence-electron chi connectivity index (χ1n) is 27.3. The van der Waals surface area contributed by atoms with E-state index in [9.17, 15) is 19.5 Å². The normalized spacial score (nSPS) is 13.3. The van der Waals surface area contributed by atoms with E-state index < -0.39 is 18.1 Å². The lowest BCUT2D eigenvalue weighted by molar-refractivity contribution is -0.887. The van der Waals surface area contributed by atoms with Gasteiger partial charge in [0.2, 0.25) is 0 Å². The molecular formula is C58H104NO7+. The van der Waals surface area contributed by atoms with E-state index in [1.807, 2.05) is 21.1 Å². The van der Waals surface area contributed by atoms with E-state index in [1.165, 1.54) is 128 Å². The van der Waals surface area contributed by atoms with Gasteiger partial charge in [-0.3, -0.25) is 9.59 Å². The van der Waals surface area contributed by atoms with Gasteiger partial charge in [0.15, 0.2) is 12.1 Å². The van der Waals surface area contributed by atoms with E-state index in [0.717, 1.165) is 77.0 Å². The predicted octanol–water partition coefficient (Wildman–Crippen LogP) is 16.1. The van der Waals surface area contributed by atoms with Crippen molar-refractivity contribution < 1.29 is 38.2 Å². The quantitative estimate of drug-likeness (QED) is 0.0281. The number of rotatable bonds is 49. The van der Waals surface area contributed by atoms with E-state index in [4.69, 9.17) is 14.2 Å². The van der Waals surface area contributed by atoms with Crippen LogP contribution in [0.2, 0.25) is 0 Å². The van der Waals surface area contributed by atoms with Crippen molar-refractivity contribution in [2.45, 2.75) is 251 Å². The number of carbonyl (C=O) groups excluding carboxylic acids is 2. The molecule has 0 spiro atoms. The van der Waals surface area contributed by atoms with Gasteiger partial charge in [0.25, 0.3) is 0 Å². The minimum atomic E-state index is -0.878. The average molecular weight is 927 g/mol. The number of hydrogen-bond acceptors (Lipinski definition) is 6. The molecular weight excluding hydrogens is 823 g/mol. The molecule has 0 aromatic heterocycles. The van der Waals surface area contributed by atoms with Crippen molar-refractivity contribution in [2.75, 3.05) is 41.0 Å². The fourth-order valence-corrected chi connectivity index (χ4v) is 7.96. The van der Waals surface area contributed by atoms with Crippen LogP contribution in [0.4, 0.5) is 0 Å². The van der Waals surface area contributed by atoms with Crippen LogP contribution in [0, 0.1) is 0 Å². The lowest BCUT2D eigenvalue weighted by Crippen LogP contribution is -2.50. The highest BCUT2D eigenvalue weighted by molar-refractivity contribution is 5.72. The van der Waals surface area contributed by atoms with E-state index in [-0.39, 0.29) is 36.2 Å². The molecule has 66 heavy (non-hydrogen) atoms. The first kappa shape index (κ1) is 63.0. The second-order valence-corrected chi connectivity index (χ2v) is 19.5. The molecule has 382 valence electrons. The molecule has 0 aromatic carbocycles. The number of carboxylic acid groups (broad SMARTS) is 1. The van der Waals surface area contributed by atoms with Crippen LogP contribution >= 0.6 is 0 Å². The number of ether oxygens (including phenoxy) is 3. The van der Waals surface area contributed by atoms with Gasteiger partial charge < -0.3 is 23.8 Å². The number of carbonyl (C=O) groups is 3. The molecule has 0 saturated carbocycles. The Morgan fingerprint density at radius 2 is 0.848 bits per heavy atom. The van der Waals surface area contributed by atoms with Gasteiger partial charge in [0.05, 0.1) is 34.4 Å². The number of aliphatic carboxylic acids is 1. The number of hydrogen-bond donors (Lipinski definition) is 1. The Hall–Kier alpha value is -2.97. The van der Waals surface area contributed by atoms with Gasteiger partial charge in [-0.1, -0.05) is 203 Å². The predicted molar refractivity (Wildman–Crippen MR) is 280 cm³/mol. The Kier molecular flexibility index (Phi) is 46.3. The van der Waals surface area contributed by atoms with Crippen molar-refractivity contribution in [1.29, 1.82) is 0 Å². The summed E-state index contributed by atoms with van der Waals surface area (Å²) in [5.74, 6) is -1.49. The maximum Gasteiger partial charge on any atom is 0.362 e. The zero-order valence-electron chi connectivity index (χ0n) is 43.6. The highest BCUT2D eigenvalue weighted by atomic mass is 16.6. The third kappa shape index (κ3) is 46.2. The molecule has 0 aliphatic carbocycles. The molecule has 2 atom stereocenters. The Morgan fingerprint density at radius 3 is 1.27 bits per heavy atom. The summed E-state index contributed by atoms with van der Waals surface area (Å²) in [4.78, 5) is 37.2. The van der Waals surface area contributed by atoms with Crippen molar-refractivity contribution in [1.82, 2.24) is 0 Å². The largest absolute Gasteiger partial charge is 0.477 e. The molecule has 0 fully saturated rings. The number of esters is 2. The minimum Gasteiger partial charge on any atom is -0.477 e. The Bertz CT molecular complexity index is 1260. The van der Waals surface area contributed by atoms with Crippen molar-refractivity contribution in [2.24, 2.45) is 0 Å². The summed E-state index contributed by atoms with van der Waals surface area (Å²) >= 11 is 0. The maximum atomic E-state index is 12.8. The molecule has 0 heterocycles. The van der Waals surface area contributed by atoms with E-state index in [2.05, 4.69) is 74.6 Å². The SMILES string of the molecule is CC/C=C/C/C=C/C/C=C/C/C=C/CCCCCCCCC(=O)OC(COCCC(C(=O)O)[N+](C)(C)C)COC(=O)CCCCCCCCC/C=C/CCCCCCCCCCCCCC. The van der Waals surface area contributed by atoms with Gasteiger partial charge in [-0.25, -0.2) is 4.79 Å². The second kappa shape index (κ2) is 48.5. The van der Waals surface area contributed by atoms with E-state index >= 15 is 0 Å². The molecule has 2 unspecified atom stereocenters. The lowest BCUT2D eigenvalue weighted by atomic mass is 10.0. The Morgan fingerprint density at radius 1 is 0.470 bits per heavy atom. The average Bonchev–Trinajstić information content (AvgIpc) is 3.28. The fourth-order valence-electron chi connectivity index (χ4n) is 7.96. The third-order valence-electron chi connectivity index (χ3n) is 12.2. The molecule has 8 heteroatoms. The standard InChI is InChI=1S/C58H103NO7/c1-6-8-10-12-14-16-18-20-22-24-26-27-28-29-31-32-34-36-38-40-42-44-46-48-56(60)65-53-54(52-64-51-50-55(58(62)63)59(3,4)5)66-57(61)49-47-45-43-41-39-37-35-33-30-25-23-21-19-17-15-13-11-9-7-2/h9,11,15,17,21,23,29-31,33,54-55H,6-8,10,12-14,16,18-20,22,24-28,32,34-53H2,1-5H3/p+1/b11-9+,17-15+,23-21+,31-29+,33-30+. The highest BCUT2D eigenvalue weighted by Crippen LogP contribution is 2.15. The van der Waals surface area contributed by atoms with E-state index in [1.54, 1.807) is 0 Å². The van der Waals surface area contributed by atoms with Gasteiger partial charge in [-0.2, -0.15) is 0 Å². The number of carboxylic acids is 1. The molecule has 0 rings (SSSR count). The topological polar surface area (TPSA) is 99.1 Å². The summed E-state index contributed by atoms with van der Waals surface area (Å²) in [6.45, 7) is 4.63. The number of allylic oxidation sites excluding steroid dienone is 10. The molecule has 8 nitrogen and oxygen atoms in total. The summed E-state index contributed by atoms with van der Waals surface area (Å²) in [7, 11) is 5.53. The number of likely N-dealkylation sites (N-methyl/N-ethyl adjacent to an activating group) is 1. The summed E-state index contributed by atoms with van der Waals surface area (Å²) < 4.78 is 17.4. The van der Waals surface area contributed by atoms with Crippen LogP contribution in [0.1, 0.15) is 239 Å². The third-order valence-corrected chi connectivity index (χ3v) is 12.2. The first-order valence-corrected chi connectivity index (χ1v) is 27.3. The van der Waals surface area contributed by atoms with Crippen LogP contribution in [0.3, 0.4) is 0 Å². The molecule has 0 aliphatic rings. The van der Waals surface area contributed by atoms with Gasteiger partial charge in [-0.05, 0) is 77.0 Å². The minimum absolute atomic E-state index is 0.0526. The monoisotopic (exact) mass is 927 g/mol. The summed E-state index contributed by atoms with van der Waals surface area (Å²) in [5.41, 5.74) is 0. The smallest absolute Gasteiger partial charge is 0.362 e. The highest BCUT2D eigenvalue weighted by Gasteiger charge is 2.31.